The molecule has 3 N–H and O–H groups in total. The van der Waals surface area contributed by atoms with Crippen LogP contribution in [0.1, 0.15) is 31.1 Å². The standard InChI is InChI=1S/C14H18F2N4/c1-7(2)20-14(12(17)9(4)19-20)18-13-10(15)6-5-8(3)11(13)16/h5-7,18H,17H2,1-4H3. The van der Waals surface area contributed by atoms with E-state index in [9.17, 15) is 8.78 Å². The Balaban J connectivity index is 2.53. The Morgan fingerprint density at radius 2 is 1.90 bits per heavy atom. The second-order valence-electron chi connectivity index (χ2n) is 5.06. The van der Waals surface area contributed by atoms with Crippen LogP contribution in [0.3, 0.4) is 0 Å². The van der Waals surface area contributed by atoms with Crippen LogP contribution in [-0.4, -0.2) is 9.78 Å². The molecular weight excluding hydrogens is 262 g/mol. The van der Waals surface area contributed by atoms with Crippen molar-refractivity contribution in [1.82, 2.24) is 9.78 Å². The van der Waals surface area contributed by atoms with E-state index in [1.165, 1.54) is 12.1 Å². The highest BCUT2D eigenvalue weighted by molar-refractivity contribution is 5.72. The second kappa shape index (κ2) is 5.11. The van der Waals surface area contributed by atoms with Crippen molar-refractivity contribution in [2.45, 2.75) is 33.7 Å². The lowest BCUT2D eigenvalue weighted by molar-refractivity contribution is 0.534. The number of nitrogens with one attached hydrogen (secondary N) is 1. The SMILES string of the molecule is Cc1ccc(F)c(Nc2c(N)c(C)nn2C(C)C)c1F. The number of nitrogens with two attached hydrogens (primary N) is 1. The summed E-state index contributed by atoms with van der Waals surface area (Å²) < 4.78 is 29.5. The molecule has 0 bridgehead atoms. The number of hydrogen-bond donors (Lipinski definition) is 2. The molecule has 0 aliphatic heterocycles. The zero-order chi connectivity index (χ0) is 15.0. The van der Waals surface area contributed by atoms with E-state index in [1.54, 1.807) is 18.5 Å². The van der Waals surface area contributed by atoms with Crippen molar-refractivity contribution in [1.29, 1.82) is 0 Å². The van der Waals surface area contributed by atoms with Gasteiger partial charge in [-0.1, -0.05) is 6.07 Å². The molecule has 2 aromatic rings. The van der Waals surface area contributed by atoms with Gasteiger partial charge in [-0.3, -0.25) is 0 Å². The lowest BCUT2D eigenvalue weighted by Gasteiger charge is -2.15. The van der Waals surface area contributed by atoms with E-state index in [0.717, 1.165) is 0 Å². The van der Waals surface area contributed by atoms with Crippen LogP contribution in [0.4, 0.5) is 26.0 Å². The van der Waals surface area contributed by atoms with E-state index in [-0.39, 0.29) is 11.7 Å². The molecule has 0 aliphatic rings. The molecule has 0 spiro atoms. The topological polar surface area (TPSA) is 55.9 Å². The predicted molar refractivity (Wildman–Crippen MR) is 76.1 cm³/mol. The van der Waals surface area contributed by atoms with Crippen LogP contribution < -0.4 is 11.1 Å². The van der Waals surface area contributed by atoms with E-state index in [1.807, 2.05) is 13.8 Å². The van der Waals surface area contributed by atoms with Gasteiger partial charge in [0.2, 0.25) is 0 Å². The number of benzene rings is 1. The molecule has 0 saturated carbocycles. The fraction of sp³-hybridized carbons (Fsp3) is 0.357. The molecule has 0 atom stereocenters. The minimum absolute atomic E-state index is 0.0180. The summed E-state index contributed by atoms with van der Waals surface area (Å²) in [5, 5.41) is 7.02. The van der Waals surface area contributed by atoms with Crippen LogP contribution >= 0.6 is 0 Å². The van der Waals surface area contributed by atoms with Crippen LogP contribution in [0, 0.1) is 25.5 Å². The maximum atomic E-state index is 14.0. The van der Waals surface area contributed by atoms with Crippen LogP contribution in [0.25, 0.3) is 0 Å². The Kier molecular flexibility index (Phi) is 3.65. The molecule has 0 unspecified atom stereocenters. The summed E-state index contributed by atoms with van der Waals surface area (Å²) in [6, 6.07) is 2.63. The van der Waals surface area contributed by atoms with Crippen molar-refractivity contribution in [3.8, 4) is 0 Å². The first-order chi connectivity index (χ1) is 9.32. The van der Waals surface area contributed by atoms with Gasteiger partial charge < -0.3 is 11.1 Å². The van der Waals surface area contributed by atoms with Gasteiger partial charge >= 0.3 is 0 Å². The lowest BCUT2D eigenvalue weighted by Crippen LogP contribution is -2.10. The average Bonchev–Trinajstić information content (AvgIpc) is 2.67. The van der Waals surface area contributed by atoms with Gasteiger partial charge in [0.25, 0.3) is 0 Å². The third kappa shape index (κ3) is 2.33. The average molecular weight is 280 g/mol. The number of aryl methyl sites for hydroxylation is 2. The van der Waals surface area contributed by atoms with Gasteiger partial charge in [-0.25, -0.2) is 13.5 Å². The highest BCUT2D eigenvalue weighted by atomic mass is 19.1. The Hall–Kier alpha value is -2.11. The molecule has 108 valence electrons. The van der Waals surface area contributed by atoms with Crippen LogP contribution in [0.5, 0.6) is 0 Å². The summed E-state index contributed by atoms with van der Waals surface area (Å²) in [6.45, 7) is 7.16. The van der Waals surface area contributed by atoms with Crippen molar-refractivity contribution < 1.29 is 8.78 Å². The molecule has 20 heavy (non-hydrogen) atoms. The minimum atomic E-state index is -0.665. The predicted octanol–water partition coefficient (Wildman–Crippen LogP) is 3.68. The van der Waals surface area contributed by atoms with Crippen LogP contribution in [0.15, 0.2) is 12.1 Å². The Labute approximate surface area is 116 Å². The summed E-state index contributed by atoms with van der Waals surface area (Å²) in [5.41, 5.74) is 7.10. The van der Waals surface area contributed by atoms with Gasteiger partial charge in [0, 0.05) is 6.04 Å². The zero-order valence-electron chi connectivity index (χ0n) is 12.0. The first-order valence-corrected chi connectivity index (χ1v) is 6.39. The van der Waals surface area contributed by atoms with Crippen molar-refractivity contribution in [3.63, 3.8) is 0 Å². The van der Waals surface area contributed by atoms with E-state index >= 15 is 0 Å². The fourth-order valence-electron chi connectivity index (χ4n) is 1.95. The molecule has 6 heteroatoms. The highest BCUT2D eigenvalue weighted by Gasteiger charge is 2.19. The molecular formula is C14H18F2N4. The lowest BCUT2D eigenvalue weighted by atomic mass is 10.2. The van der Waals surface area contributed by atoms with E-state index in [2.05, 4.69) is 10.4 Å². The summed E-state index contributed by atoms with van der Waals surface area (Å²) in [4.78, 5) is 0. The minimum Gasteiger partial charge on any atom is -0.394 e. The summed E-state index contributed by atoms with van der Waals surface area (Å²) in [7, 11) is 0. The van der Waals surface area contributed by atoms with Gasteiger partial charge in [-0.2, -0.15) is 5.10 Å². The van der Waals surface area contributed by atoms with Gasteiger partial charge in [0.05, 0.1) is 11.4 Å². The first-order valence-electron chi connectivity index (χ1n) is 6.39. The van der Waals surface area contributed by atoms with E-state index in [0.29, 0.717) is 22.8 Å². The maximum absolute atomic E-state index is 14.0. The number of nitrogens with zero attached hydrogens (tertiary/aromatic N) is 2. The monoisotopic (exact) mass is 280 g/mol. The van der Waals surface area contributed by atoms with Crippen molar-refractivity contribution in [2.24, 2.45) is 0 Å². The third-order valence-electron chi connectivity index (χ3n) is 3.15. The Morgan fingerprint density at radius 1 is 1.25 bits per heavy atom. The normalized spacial score (nSPS) is 11.2. The van der Waals surface area contributed by atoms with Crippen molar-refractivity contribution in [3.05, 3.63) is 35.0 Å². The number of hydrogen-bond acceptors (Lipinski definition) is 3. The van der Waals surface area contributed by atoms with Gasteiger partial charge in [-0.15, -0.1) is 0 Å². The Morgan fingerprint density at radius 3 is 2.50 bits per heavy atom. The molecule has 0 saturated heterocycles. The molecule has 0 fully saturated rings. The summed E-state index contributed by atoms with van der Waals surface area (Å²) in [6.07, 6.45) is 0. The van der Waals surface area contributed by atoms with Gasteiger partial charge in [0.1, 0.15) is 11.5 Å². The molecule has 4 nitrogen and oxygen atoms in total. The molecule has 2 rings (SSSR count). The fourth-order valence-corrected chi connectivity index (χ4v) is 1.95. The Bertz CT molecular complexity index is 647. The smallest absolute Gasteiger partial charge is 0.152 e. The summed E-state index contributed by atoms with van der Waals surface area (Å²) in [5.74, 6) is -0.888. The number of rotatable bonds is 3. The van der Waals surface area contributed by atoms with Crippen LogP contribution in [0.2, 0.25) is 0 Å². The van der Waals surface area contributed by atoms with Gasteiger partial charge in [-0.05, 0) is 39.3 Å². The largest absolute Gasteiger partial charge is 0.394 e. The van der Waals surface area contributed by atoms with E-state index in [4.69, 9.17) is 5.73 Å². The quantitative estimate of drug-likeness (QED) is 0.901. The molecule has 0 amide bonds. The van der Waals surface area contributed by atoms with Crippen molar-refractivity contribution in [2.75, 3.05) is 11.1 Å². The maximum Gasteiger partial charge on any atom is 0.152 e. The molecule has 0 radical (unpaired) electrons. The number of anilines is 3. The molecule has 1 heterocycles. The second-order valence-corrected chi connectivity index (χ2v) is 5.06. The third-order valence-corrected chi connectivity index (χ3v) is 3.15. The number of halogens is 2. The zero-order valence-corrected chi connectivity index (χ0v) is 12.0. The van der Waals surface area contributed by atoms with Gasteiger partial charge in [0.15, 0.2) is 11.6 Å². The first kappa shape index (κ1) is 14.3. The van der Waals surface area contributed by atoms with Crippen molar-refractivity contribution >= 4 is 17.2 Å². The number of nitrogen functional groups attached to an aromatic ring is 1. The molecule has 0 aliphatic carbocycles. The number of aromatic nitrogens is 2. The molecule has 1 aromatic heterocycles. The van der Waals surface area contributed by atoms with E-state index < -0.39 is 11.6 Å². The highest BCUT2D eigenvalue weighted by Crippen LogP contribution is 2.31. The summed E-state index contributed by atoms with van der Waals surface area (Å²) >= 11 is 0. The van der Waals surface area contributed by atoms with Crippen LogP contribution in [-0.2, 0) is 0 Å². The molecule has 1 aromatic carbocycles.